The zero-order valence-corrected chi connectivity index (χ0v) is 12.0. The van der Waals surface area contributed by atoms with Crippen molar-refractivity contribution in [1.82, 2.24) is 5.32 Å². The van der Waals surface area contributed by atoms with Crippen LogP contribution in [0.3, 0.4) is 0 Å². The van der Waals surface area contributed by atoms with Crippen LogP contribution in [0.25, 0.3) is 0 Å². The molecule has 92 valence electrons. The van der Waals surface area contributed by atoms with E-state index in [2.05, 4.69) is 38.4 Å². The van der Waals surface area contributed by atoms with Gasteiger partial charge in [-0.2, -0.15) is 11.8 Å². The van der Waals surface area contributed by atoms with E-state index >= 15 is 0 Å². The molecule has 16 heavy (non-hydrogen) atoms. The molecule has 1 unspecified atom stereocenters. The van der Waals surface area contributed by atoms with E-state index < -0.39 is 0 Å². The molecule has 1 heterocycles. The Bertz CT molecular complexity index is 344. The molecule has 0 aliphatic carbocycles. The van der Waals surface area contributed by atoms with E-state index in [1.807, 2.05) is 25.6 Å². The predicted octanol–water partition coefficient (Wildman–Crippen LogP) is 3.69. The quantitative estimate of drug-likeness (QED) is 0.851. The second-order valence-corrected chi connectivity index (χ2v) is 6.45. The van der Waals surface area contributed by atoms with Gasteiger partial charge in [0.1, 0.15) is 11.5 Å². The van der Waals surface area contributed by atoms with Crippen LogP contribution in [0.1, 0.15) is 43.9 Å². The fourth-order valence-electron chi connectivity index (χ4n) is 1.66. The van der Waals surface area contributed by atoms with Gasteiger partial charge in [-0.25, -0.2) is 0 Å². The Kier molecular flexibility index (Phi) is 4.51. The highest BCUT2D eigenvalue weighted by molar-refractivity contribution is 7.99. The van der Waals surface area contributed by atoms with Gasteiger partial charge >= 0.3 is 0 Å². The molecule has 1 aromatic rings. The molecule has 0 aliphatic heterocycles. The van der Waals surface area contributed by atoms with Gasteiger partial charge in [-0.05, 0) is 46.9 Å². The van der Waals surface area contributed by atoms with Gasteiger partial charge in [0.05, 0.1) is 0 Å². The molecule has 0 saturated carbocycles. The van der Waals surface area contributed by atoms with Crippen molar-refractivity contribution in [3.05, 3.63) is 23.2 Å². The highest BCUT2D eigenvalue weighted by Gasteiger charge is 2.18. The lowest BCUT2D eigenvalue weighted by Gasteiger charge is -2.25. The van der Waals surface area contributed by atoms with Crippen LogP contribution in [0.5, 0.6) is 0 Å². The maximum atomic E-state index is 5.55. The number of furan rings is 1. The summed E-state index contributed by atoms with van der Waals surface area (Å²) in [5, 5.41) is 3.56. The Labute approximate surface area is 103 Å². The third kappa shape index (κ3) is 3.56. The maximum absolute atomic E-state index is 5.55. The smallest absolute Gasteiger partial charge is 0.105 e. The molecule has 0 saturated heterocycles. The molecular weight excluding hydrogens is 218 g/mol. The summed E-state index contributed by atoms with van der Waals surface area (Å²) in [4.78, 5) is 0. The fourth-order valence-corrected chi connectivity index (χ4v) is 1.89. The summed E-state index contributed by atoms with van der Waals surface area (Å²) in [5.41, 5.74) is 1.27. The van der Waals surface area contributed by atoms with E-state index in [1.54, 1.807) is 0 Å². The molecule has 1 aromatic heterocycles. The van der Waals surface area contributed by atoms with Crippen molar-refractivity contribution in [2.24, 2.45) is 0 Å². The number of nitrogens with one attached hydrogen (secondary N) is 1. The minimum Gasteiger partial charge on any atom is -0.466 e. The van der Waals surface area contributed by atoms with Crippen LogP contribution < -0.4 is 5.32 Å². The van der Waals surface area contributed by atoms with Gasteiger partial charge < -0.3 is 9.73 Å². The van der Waals surface area contributed by atoms with Crippen LogP contribution in [0, 0.1) is 13.8 Å². The Hall–Kier alpha value is -0.410. The van der Waals surface area contributed by atoms with Crippen molar-refractivity contribution in [2.45, 2.75) is 45.4 Å². The van der Waals surface area contributed by atoms with Crippen molar-refractivity contribution >= 4 is 11.8 Å². The van der Waals surface area contributed by atoms with Crippen molar-refractivity contribution in [3.8, 4) is 0 Å². The highest BCUT2D eigenvalue weighted by Crippen LogP contribution is 2.24. The average molecular weight is 241 g/mol. The van der Waals surface area contributed by atoms with Gasteiger partial charge in [0, 0.05) is 22.9 Å². The van der Waals surface area contributed by atoms with E-state index in [1.165, 1.54) is 5.56 Å². The predicted molar refractivity (Wildman–Crippen MR) is 72.2 cm³/mol. The molecule has 0 aromatic carbocycles. The molecule has 0 fully saturated rings. The Morgan fingerprint density at radius 2 is 2.06 bits per heavy atom. The Balaban J connectivity index is 2.59. The van der Waals surface area contributed by atoms with Crippen molar-refractivity contribution in [3.63, 3.8) is 0 Å². The largest absolute Gasteiger partial charge is 0.466 e. The van der Waals surface area contributed by atoms with Crippen molar-refractivity contribution < 1.29 is 4.42 Å². The zero-order chi connectivity index (χ0) is 12.3. The average Bonchev–Trinajstić information content (AvgIpc) is 2.54. The normalized spacial score (nSPS) is 14.1. The number of aryl methyl sites for hydroxylation is 2. The molecule has 0 radical (unpaired) electrons. The molecule has 1 N–H and O–H groups in total. The molecule has 1 atom stereocenters. The summed E-state index contributed by atoms with van der Waals surface area (Å²) in [5.74, 6) is 2.02. The lowest BCUT2D eigenvalue weighted by molar-refractivity contribution is 0.482. The Morgan fingerprint density at radius 1 is 1.44 bits per heavy atom. The third-order valence-corrected chi connectivity index (χ3v) is 4.18. The van der Waals surface area contributed by atoms with Crippen LogP contribution in [-0.2, 0) is 0 Å². The second kappa shape index (κ2) is 5.28. The topological polar surface area (TPSA) is 25.2 Å². The molecule has 0 bridgehead atoms. The van der Waals surface area contributed by atoms with Crippen molar-refractivity contribution in [2.75, 3.05) is 12.8 Å². The van der Waals surface area contributed by atoms with E-state index in [0.29, 0.717) is 6.04 Å². The van der Waals surface area contributed by atoms with Crippen LogP contribution in [0.15, 0.2) is 10.5 Å². The van der Waals surface area contributed by atoms with Crippen LogP contribution in [0.2, 0.25) is 0 Å². The van der Waals surface area contributed by atoms with E-state index in [4.69, 9.17) is 4.42 Å². The van der Waals surface area contributed by atoms with E-state index in [9.17, 15) is 0 Å². The van der Waals surface area contributed by atoms with Gasteiger partial charge in [-0.15, -0.1) is 0 Å². The lowest BCUT2D eigenvalue weighted by Crippen LogP contribution is -2.33. The number of hydrogen-bond acceptors (Lipinski definition) is 3. The van der Waals surface area contributed by atoms with E-state index in [0.717, 1.165) is 18.1 Å². The molecule has 0 spiro atoms. The fraction of sp³-hybridized carbons (Fsp3) is 0.692. The summed E-state index contributed by atoms with van der Waals surface area (Å²) in [7, 11) is 0. The molecule has 0 aliphatic rings. The number of rotatable bonds is 5. The minimum absolute atomic E-state index is 0.279. The number of hydrogen-bond donors (Lipinski definition) is 1. The first-order valence-electron chi connectivity index (χ1n) is 5.71. The monoisotopic (exact) mass is 241 g/mol. The van der Waals surface area contributed by atoms with Gasteiger partial charge in [-0.1, -0.05) is 0 Å². The van der Waals surface area contributed by atoms with Crippen LogP contribution >= 0.6 is 11.8 Å². The summed E-state index contributed by atoms with van der Waals surface area (Å²) in [6, 6.07) is 2.47. The summed E-state index contributed by atoms with van der Waals surface area (Å²) < 4.78 is 5.83. The molecule has 2 nitrogen and oxygen atoms in total. The first kappa shape index (κ1) is 13.7. The third-order valence-electron chi connectivity index (χ3n) is 2.93. The van der Waals surface area contributed by atoms with Gasteiger partial charge in [0.2, 0.25) is 0 Å². The molecular formula is C13H23NOS. The second-order valence-electron chi connectivity index (χ2n) is 4.93. The maximum Gasteiger partial charge on any atom is 0.105 e. The first-order chi connectivity index (χ1) is 7.35. The van der Waals surface area contributed by atoms with Gasteiger partial charge in [0.25, 0.3) is 0 Å². The minimum atomic E-state index is 0.279. The SMILES string of the molecule is CSC(C)(C)CNC(C)c1cc(C)oc1C. The summed E-state index contributed by atoms with van der Waals surface area (Å²) in [6.07, 6.45) is 2.15. The zero-order valence-electron chi connectivity index (χ0n) is 11.2. The lowest BCUT2D eigenvalue weighted by atomic mass is 10.1. The Morgan fingerprint density at radius 3 is 2.50 bits per heavy atom. The van der Waals surface area contributed by atoms with Gasteiger partial charge in [0.15, 0.2) is 0 Å². The van der Waals surface area contributed by atoms with Crippen molar-refractivity contribution in [1.29, 1.82) is 0 Å². The number of thioether (sulfide) groups is 1. The standard InChI is InChI=1S/C13H23NOS/c1-9-7-12(11(3)15-9)10(2)14-8-13(4,5)16-6/h7,10,14H,8H2,1-6H3. The summed E-state index contributed by atoms with van der Waals surface area (Å²) in [6.45, 7) is 11.7. The summed E-state index contributed by atoms with van der Waals surface area (Å²) >= 11 is 1.89. The molecule has 3 heteroatoms. The molecule has 1 rings (SSSR count). The molecule has 0 amide bonds. The van der Waals surface area contributed by atoms with Crippen LogP contribution in [-0.4, -0.2) is 17.5 Å². The van der Waals surface area contributed by atoms with E-state index in [-0.39, 0.29) is 4.75 Å². The highest BCUT2D eigenvalue weighted by atomic mass is 32.2. The first-order valence-corrected chi connectivity index (χ1v) is 6.93. The van der Waals surface area contributed by atoms with Gasteiger partial charge in [-0.3, -0.25) is 0 Å². The van der Waals surface area contributed by atoms with Crippen LogP contribution in [0.4, 0.5) is 0 Å².